The van der Waals surface area contributed by atoms with Crippen molar-refractivity contribution >= 4 is 29.2 Å². The molecule has 5 heteroatoms. The van der Waals surface area contributed by atoms with Crippen LogP contribution in [0.5, 0.6) is 0 Å². The lowest BCUT2D eigenvalue weighted by Gasteiger charge is -2.38. The number of hydrogen-bond acceptors (Lipinski definition) is 2. The fourth-order valence-corrected chi connectivity index (χ4v) is 2.47. The monoisotopic (exact) mass is 280 g/mol. The number of hydrogen-bond donors (Lipinski definition) is 0. The molecule has 3 amide bonds. The first-order chi connectivity index (χ1) is 8.95. The van der Waals surface area contributed by atoms with Gasteiger partial charge in [-0.1, -0.05) is 17.7 Å². The Bertz CT molecular complexity index is 530. The minimum atomic E-state index is -0.272. The van der Waals surface area contributed by atoms with Crippen LogP contribution in [0, 0.1) is 6.92 Å². The van der Waals surface area contributed by atoms with Crippen LogP contribution in [0.4, 0.5) is 10.5 Å². The number of rotatable bonds is 2. The van der Waals surface area contributed by atoms with E-state index in [-0.39, 0.29) is 18.0 Å². The lowest BCUT2D eigenvalue weighted by atomic mass is 10.1. The first-order valence-corrected chi connectivity index (χ1v) is 6.73. The first kappa shape index (κ1) is 13.9. The molecule has 1 aliphatic rings. The van der Waals surface area contributed by atoms with Gasteiger partial charge in [0, 0.05) is 24.0 Å². The normalized spacial score (nSPS) is 20.1. The van der Waals surface area contributed by atoms with Crippen molar-refractivity contribution in [2.45, 2.75) is 33.2 Å². The summed E-state index contributed by atoms with van der Waals surface area (Å²) >= 11 is 6.06. The van der Waals surface area contributed by atoms with Crippen molar-refractivity contribution < 1.29 is 9.59 Å². The van der Waals surface area contributed by atoms with Gasteiger partial charge >= 0.3 is 6.03 Å². The molecular weight excluding hydrogens is 264 g/mol. The second-order valence-electron chi connectivity index (χ2n) is 4.78. The summed E-state index contributed by atoms with van der Waals surface area (Å²) in [5.41, 5.74) is 1.46. The molecule has 1 atom stereocenters. The van der Waals surface area contributed by atoms with Gasteiger partial charge in [-0.05, 0) is 38.5 Å². The van der Waals surface area contributed by atoms with E-state index < -0.39 is 0 Å². The molecule has 0 aliphatic carbocycles. The number of amides is 3. The van der Waals surface area contributed by atoms with Crippen molar-refractivity contribution in [2.75, 3.05) is 11.4 Å². The Kier molecular flexibility index (Phi) is 3.80. The van der Waals surface area contributed by atoms with Crippen molar-refractivity contribution in [3.8, 4) is 0 Å². The molecule has 4 nitrogen and oxygen atoms in total. The van der Waals surface area contributed by atoms with E-state index in [1.165, 1.54) is 4.90 Å². The maximum Gasteiger partial charge on any atom is 0.331 e. The number of carbonyl (C=O) groups excluding carboxylic acids is 2. The van der Waals surface area contributed by atoms with E-state index in [4.69, 9.17) is 11.6 Å². The number of benzene rings is 1. The molecule has 0 bridgehead atoms. The molecule has 0 aromatic heterocycles. The smallest absolute Gasteiger partial charge is 0.321 e. The van der Waals surface area contributed by atoms with E-state index >= 15 is 0 Å². The standard InChI is InChI=1S/C14H17ClN2O2/c1-4-16-10(3)7-13(18)17(14(16)19)11-6-5-9(2)12(15)8-11/h5-6,8,10H,4,7H2,1-3H3. The van der Waals surface area contributed by atoms with Gasteiger partial charge in [-0.15, -0.1) is 0 Å². The van der Waals surface area contributed by atoms with Crippen molar-refractivity contribution in [2.24, 2.45) is 0 Å². The van der Waals surface area contributed by atoms with Crippen LogP contribution < -0.4 is 4.90 Å². The number of urea groups is 1. The van der Waals surface area contributed by atoms with Crippen LogP contribution in [0.1, 0.15) is 25.8 Å². The number of imide groups is 1. The highest BCUT2D eigenvalue weighted by atomic mass is 35.5. The van der Waals surface area contributed by atoms with Crippen molar-refractivity contribution in [3.63, 3.8) is 0 Å². The molecule has 0 spiro atoms. The fraction of sp³-hybridized carbons (Fsp3) is 0.429. The Morgan fingerprint density at radius 3 is 2.63 bits per heavy atom. The summed E-state index contributed by atoms with van der Waals surface area (Å²) in [7, 11) is 0. The molecule has 1 saturated heterocycles. The largest absolute Gasteiger partial charge is 0.331 e. The molecule has 1 aliphatic heterocycles. The predicted molar refractivity (Wildman–Crippen MR) is 75.5 cm³/mol. The van der Waals surface area contributed by atoms with Gasteiger partial charge in [0.1, 0.15) is 0 Å². The average Bonchev–Trinajstić information content (AvgIpc) is 2.33. The molecular formula is C14H17ClN2O2. The molecule has 1 aromatic rings. The topological polar surface area (TPSA) is 40.6 Å². The summed E-state index contributed by atoms with van der Waals surface area (Å²) in [5.74, 6) is -0.179. The van der Waals surface area contributed by atoms with E-state index in [9.17, 15) is 9.59 Å². The van der Waals surface area contributed by atoms with Gasteiger partial charge in [0.2, 0.25) is 5.91 Å². The van der Waals surface area contributed by atoms with Gasteiger partial charge in [-0.25, -0.2) is 9.69 Å². The Morgan fingerprint density at radius 1 is 1.37 bits per heavy atom. The number of carbonyl (C=O) groups is 2. The second-order valence-corrected chi connectivity index (χ2v) is 5.19. The van der Waals surface area contributed by atoms with E-state index in [1.54, 1.807) is 17.0 Å². The third-order valence-electron chi connectivity index (χ3n) is 3.44. The molecule has 0 N–H and O–H groups in total. The highest BCUT2D eigenvalue weighted by Gasteiger charge is 2.36. The van der Waals surface area contributed by atoms with Crippen LogP contribution in [0.15, 0.2) is 18.2 Å². The van der Waals surface area contributed by atoms with Crippen LogP contribution in [0.3, 0.4) is 0 Å². The second kappa shape index (κ2) is 5.21. The van der Waals surface area contributed by atoms with Gasteiger partial charge in [-0.3, -0.25) is 4.79 Å². The summed E-state index contributed by atoms with van der Waals surface area (Å²) in [6.07, 6.45) is 0.338. The van der Waals surface area contributed by atoms with Gasteiger partial charge in [0.25, 0.3) is 0 Å². The molecule has 0 radical (unpaired) electrons. The van der Waals surface area contributed by atoms with Crippen LogP contribution in [-0.4, -0.2) is 29.4 Å². The maximum atomic E-state index is 12.4. The first-order valence-electron chi connectivity index (χ1n) is 6.35. The van der Waals surface area contributed by atoms with Crippen molar-refractivity contribution in [1.29, 1.82) is 0 Å². The molecule has 1 heterocycles. The minimum absolute atomic E-state index is 0.0535. The third-order valence-corrected chi connectivity index (χ3v) is 3.85. The van der Waals surface area contributed by atoms with Crippen LogP contribution in [0.25, 0.3) is 0 Å². The highest BCUT2D eigenvalue weighted by molar-refractivity contribution is 6.32. The van der Waals surface area contributed by atoms with Crippen molar-refractivity contribution in [3.05, 3.63) is 28.8 Å². The molecule has 1 unspecified atom stereocenters. The molecule has 19 heavy (non-hydrogen) atoms. The lowest BCUT2D eigenvalue weighted by molar-refractivity contribution is -0.120. The Morgan fingerprint density at radius 2 is 2.05 bits per heavy atom. The molecule has 1 fully saturated rings. The number of nitrogens with zero attached hydrogens (tertiary/aromatic N) is 2. The minimum Gasteiger partial charge on any atom is -0.321 e. The van der Waals surface area contributed by atoms with Crippen LogP contribution in [0.2, 0.25) is 5.02 Å². The third kappa shape index (κ3) is 2.45. The summed E-state index contributed by atoms with van der Waals surface area (Å²) in [6, 6.07) is 4.90. The zero-order valence-electron chi connectivity index (χ0n) is 11.3. The van der Waals surface area contributed by atoms with Gasteiger partial charge in [0.05, 0.1) is 5.69 Å². The average molecular weight is 281 g/mol. The zero-order valence-corrected chi connectivity index (χ0v) is 12.1. The SMILES string of the molecule is CCN1C(=O)N(c2ccc(C)c(Cl)c2)C(=O)CC1C. The quantitative estimate of drug-likeness (QED) is 0.834. The summed E-state index contributed by atoms with van der Waals surface area (Å²) in [6.45, 7) is 6.26. The van der Waals surface area contributed by atoms with Crippen molar-refractivity contribution in [1.82, 2.24) is 4.90 Å². The lowest BCUT2D eigenvalue weighted by Crippen LogP contribution is -2.56. The van der Waals surface area contributed by atoms with E-state index in [1.807, 2.05) is 26.8 Å². The predicted octanol–water partition coefficient (Wildman–Crippen LogP) is 3.22. The van der Waals surface area contributed by atoms with E-state index in [0.717, 1.165) is 5.56 Å². The fourth-order valence-electron chi connectivity index (χ4n) is 2.30. The summed E-state index contributed by atoms with van der Waals surface area (Å²) in [4.78, 5) is 27.4. The Labute approximate surface area is 117 Å². The zero-order chi connectivity index (χ0) is 14.2. The molecule has 0 saturated carbocycles. The Balaban J connectivity index is 2.39. The molecule has 2 rings (SSSR count). The maximum absolute atomic E-state index is 12.4. The van der Waals surface area contributed by atoms with Crippen LogP contribution in [-0.2, 0) is 4.79 Å². The number of halogens is 1. The molecule has 102 valence electrons. The summed E-state index contributed by atoms with van der Waals surface area (Å²) in [5, 5.41) is 0.555. The summed E-state index contributed by atoms with van der Waals surface area (Å²) < 4.78 is 0. The van der Waals surface area contributed by atoms with E-state index in [0.29, 0.717) is 23.7 Å². The van der Waals surface area contributed by atoms with Gasteiger partial charge < -0.3 is 4.90 Å². The molecule has 1 aromatic carbocycles. The van der Waals surface area contributed by atoms with E-state index in [2.05, 4.69) is 0 Å². The van der Waals surface area contributed by atoms with Crippen LogP contribution >= 0.6 is 11.6 Å². The van der Waals surface area contributed by atoms with Gasteiger partial charge in [-0.2, -0.15) is 0 Å². The highest BCUT2D eigenvalue weighted by Crippen LogP contribution is 2.27. The van der Waals surface area contributed by atoms with Gasteiger partial charge in [0.15, 0.2) is 0 Å². The number of anilines is 1. The Hall–Kier alpha value is -1.55. The number of aryl methyl sites for hydroxylation is 1.